The van der Waals surface area contributed by atoms with E-state index in [-0.39, 0.29) is 11.1 Å². The fraction of sp³-hybridized carbons (Fsp3) is 0. The Morgan fingerprint density at radius 2 is 2.27 bits per heavy atom. The number of aromatic nitrogens is 4. The number of hydrogen-bond donors (Lipinski definition) is 1. The Labute approximate surface area is 93.5 Å². The van der Waals surface area contributed by atoms with E-state index >= 15 is 0 Å². The summed E-state index contributed by atoms with van der Waals surface area (Å²) in [5.74, 6) is 0.0134. The summed E-state index contributed by atoms with van der Waals surface area (Å²) in [6.07, 6.45) is 1.38. The van der Waals surface area contributed by atoms with Crippen molar-refractivity contribution in [3.63, 3.8) is 0 Å². The molecule has 0 radical (unpaired) electrons. The summed E-state index contributed by atoms with van der Waals surface area (Å²) in [4.78, 5) is 11.9. The summed E-state index contributed by atoms with van der Waals surface area (Å²) >= 11 is 6.55. The minimum Gasteiger partial charge on any atom is -0.304 e. The first-order valence-electron chi connectivity index (χ1n) is 3.83. The van der Waals surface area contributed by atoms with Gasteiger partial charge in [0.25, 0.3) is 5.91 Å². The van der Waals surface area contributed by atoms with Crippen LogP contribution in [0.3, 0.4) is 0 Å². The molecule has 1 N–H and O–H groups in total. The van der Waals surface area contributed by atoms with Gasteiger partial charge in [-0.1, -0.05) is 16.1 Å². The van der Waals surface area contributed by atoms with Crippen LogP contribution >= 0.6 is 23.1 Å². The molecule has 1 amide bonds. The molecular weight excluding hydrogens is 238 g/mol. The fourth-order valence-electron chi connectivity index (χ4n) is 0.828. The van der Waals surface area contributed by atoms with Gasteiger partial charge in [0.05, 0.1) is 6.20 Å². The molecule has 76 valence electrons. The smallest absolute Gasteiger partial charge is 0.270 e. The quantitative estimate of drug-likeness (QED) is 0.855. The second kappa shape index (κ2) is 4.28. The van der Waals surface area contributed by atoms with Crippen molar-refractivity contribution in [2.75, 3.05) is 5.32 Å². The average molecular weight is 242 g/mol. The SMILES string of the molecule is O=C(Nc1ccc(Cl)nn1)c1cnns1. The lowest BCUT2D eigenvalue weighted by molar-refractivity contribution is 0.103. The lowest BCUT2D eigenvalue weighted by atomic mass is 10.4. The predicted molar refractivity (Wildman–Crippen MR) is 54.9 cm³/mol. The van der Waals surface area contributed by atoms with Gasteiger partial charge in [-0.3, -0.25) is 4.79 Å². The monoisotopic (exact) mass is 241 g/mol. The molecule has 2 rings (SSSR count). The highest BCUT2D eigenvalue weighted by Crippen LogP contribution is 2.09. The van der Waals surface area contributed by atoms with Crippen LogP contribution in [0.4, 0.5) is 5.82 Å². The minimum atomic E-state index is -0.318. The van der Waals surface area contributed by atoms with Crippen molar-refractivity contribution >= 4 is 34.9 Å². The molecule has 2 aromatic heterocycles. The lowest BCUT2D eigenvalue weighted by Crippen LogP contribution is -2.11. The third-order valence-corrected chi connectivity index (χ3v) is 2.32. The van der Waals surface area contributed by atoms with E-state index in [1.165, 1.54) is 12.3 Å². The summed E-state index contributed by atoms with van der Waals surface area (Å²) < 4.78 is 3.57. The van der Waals surface area contributed by atoms with Crippen LogP contribution in [0.5, 0.6) is 0 Å². The van der Waals surface area contributed by atoms with Crippen LogP contribution in [0, 0.1) is 0 Å². The summed E-state index contributed by atoms with van der Waals surface area (Å²) in [5.41, 5.74) is 0. The third-order valence-electron chi connectivity index (χ3n) is 1.46. The predicted octanol–water partition coefficient (Wildman–Crippen LogP) is 1.23. The number of hydrogen-bond acceptors (Lipinski definition) is 6. The van der Waals surface area contributed by atoms with Crippen LogP contribution in [0.1, 0.15) is 9.67 Å². The Morgan fingerprint density at radius 1 is 1.40 bits per heavy atom. The molecule has 8 heteroatoms. The van der Waals surface area contributed by atoms with Gasteiger partial charge in [0.2, 0.25) is 0 Å². The Balaban J connectivity index is 2.09. The number of carbonyl (C=O) groups is 1. The maximum atomic E-state index is 11.5. The normalized spacial score (nSPS) is 9.93. The standard InChI is InChI=1S/C7H4ClN5OS/c8-5-1-2-6(12-11-5)10-7(14)4-3-9-13-15-4/h1-3H,(H,10,12,14). The van der Waals surface area contributed by atoms with E-state index in [0.29, 0.717) is 10.7 Å². The summed E-state index contributed by atoms with van der Waals surface area (Å²) in [5, 5.41) is 13.6. The Morgan fingerprint density at radius 3 is 2.87 bits per heavy atom. The summed E-state index contributed by atoms with van der Waals surface area (Å²) in [7, 11) is 0. The molecule has 2 aromatic rings. The second-order valence-corrected chi connectivity index (χ2v) is 3.65. The fourth-order valence-corrected chi connectivity index (χ4v) is 1.34. The van der Waals surface area contributed by atoms with Crippen LogP contribution in [0.2, 0.25) is 5.15 Å². The third kappa shape index (κ3) is 2.45. The minimum absolute atomic E-state index is 0.271. The summed E-state index contributed by atoms with van der Waals surface area (Å²) in [6.45, 7) is 0. The zero-order chi connectivity index (χ0) is 10.7. The van der Waals surface area contributed by atoms with Gasteiger partial charge < -0.3 is 5.32 Å². The van der Waals surface area contributed by atoms with Crippen molar-refractivity contribution in [2.24, 2.45) is 0 Å². The average Bonchev–Trinajstić information content (AvgIpc) is 2.74. The molecule has 0 atom stereocenters. The summed E-state index contributed by atoms with van der Waals surface area (Å²) in [6, 6.07) is 3.09. The molecule has 0 aliphatic rings. The molecular formula is C7H4ClN5OS. The van der Waals surface area contributed by atoms with Crippen LogP contribution in [0.15, 0.2) is 18.3 Å². The number of nitrogens with one attached hydrogen (secondary N) is 1. The van der Waals surface area contributed by atoms with Gasteiger partial charge in [0.1, 0.15) is 4.88 Å². The number of rotatable bonds is 2. The first-order valence-corrected chi connectivity index (χ1v) is 4.99. The van der Waals surface area contributed by atoms with E-state index in [0.717, 1.165) is 11.5 Å². The molecule has 15 heavy (non-hydrogen) atoms. The number of carbonyl (C=O) groups excluding carboxylic acids is 1. The van der Waals surface area contributed by atoms with Crippen LogP contribution in [0.25, 0.3) is 0 Å². The number of halogens is 1. The Bertz CT molecular complexity index is 457. The number of amides is 1. The number of nitrogens with zero attached hydrogens (tertiary/aromatic N) is 4. The van der Waals surface area contributed by atoms with Gasteiger partial charge in [-0.2, -0.15) is 0 Å². The first kappa shape index (κ1) is 9.94. The molecule has 0 fully saturated rings. The van der Waals surface area contributed by atoms with Gasteiger partial charge in [-0.15, -0.1) is 15.3 Å². The van der Waals surface area contributed by atoms with E-state index in [4.69, 9.17) is 11.6 Å². The highest BCUT2D eigenvalue weighted by molar-refractivity contribution is 7.07. The van der Waals surface area contributed by atoms with E-state index in [1.807, 2.05) is 0 Å². The van der Waals surface area contributed by atoms with Gasteiger partial charge in [0.15, 0.2) is 11.0 Å². The zero-order valence-corrected chi connectivity index (χ0v) is 8.79. The van der Waals surface area contributed by atoms with Crippen LogP contribution in [-0.4, -0.2) is 25.7 Å². The maximum absolute atomic E-state index is 11.5. The first-order chi connectivity index (χ1) is 7.25. The van der Waals surface area contributed by atoms with Crippen LogP contribution in [-0.2, 0) is 0 Å². The molecule has 0 saturated carbocycles. The molecule has 0 saturated heterocycles. The van der Waals surface area contributed by atoms with E-state index in [1.54, 1.807) is 6.07 Å². The lowest BCUT2D eigenvalue weighted by Gasteiger charge is -1.99. The van der Waals surface area contributed by atoms with Crippen LogP contribution < -0.4 is 5.32 Å². The topological polar surface area (TPSA) is 80.7 Å². The molecule has 0 aliphatic heterocycles. The molecule has 2 heterocycles. The van der Waals surface area contributed by atoms with E-state index in [9.17, 15) is 4.79 Å². The van der Waals surface area contributed by atoms with Crippen molar-refractivity contribution in [1.82, 2.24) is 19.8 Å². The molecule has 6 nitrogen and oxygen atoms in total. The maximum Gasteiger partial charge on any atom is 0.270 e. The van der Waals surface area contributed by atoms with E-state index in [2.05, 4.69) is 25.1 Å². The van der Waals surface area contributed by atoms with Crippen molar-refractivity contribution in [2.45, 2.75) is 0 Å². The largest absolute Gasteiger partial charge is 0.304 e. The molecule has 0 bridgehead atoms. The van der Waals surface area contributed by atoms with Crippen molar-refractivity contribution in [3.05, 3.63) is 28.4 Å². The van der Waals surface area contributed by atoms with E-state index < -0.39 is 0 Å². The number of anilines is 1. The zero-order valence-electron chi connectivity index (χ0n) is 7.22. The Kier molecular flexibility index (Phi) is 2.84. The molecule has 0 spiro atoms. The second-order valence-electron chi connectivity index (χ2n) is 2.48. The van der Waals surface area contributed by atoms with Gasteiger partial charge in [-0.05, 0) is 23.7 Å². The molecule has 0 aliphatic carbocycles. The van der Waals surface area contributed by atoms with Crippen molar-refractivity contribution in [1.29, 1.82) is 0 Å². The van der Waals surface area contributed by atoms with Crippen molar-refractivity contribution in [3.8, 4) is 0 Å². The Hall–Kier alpha value is -1.60. The van der Waals surface area contributed by atoms with Gasteiger partial charge >= 0.3 is 0 Å². The van der Waals surface area contributed by atoms with Gasteiger partial charge in [0, 0.05) is 0 Å². The van der Waals surface area contributed by atoms with Crippen molar-refractivity contribution < 1.29 is 4.79 Å². The molecule has 0 aromatic carbocycles. The highest BCUT2D eigenvalue weighted by Gasteiger charge is 2.09. The molecule has 0 unspecified atom stereocenters. The van der Waals surface area contributed by atoms with Gasteiger partial charge in [-0.25, -0.2) is 0 Å². The highest BCUT2D eigenvalue weighted by atomic mass is 35.5.